The van der Waals surface area contributed by atoms with E-state index in [4.69, 9.17) is 16.3 Å². The summed E-state index contributed by atoms with van der Waals surface area (Å²) >= 11 is 6.25. The fourth-order valence-electron chi connectivity index (χ4n) is 2.67. The van der Waals surface area contributed by atoms with E-state index in [-0.39, 0.29) is 18.8 Å². The predicted octanol–water partition coefficient (Wildman–Crippen LogP) is 3.64. The fraction of sp³-hybridized carbons (Fsp3) is 0.350. The molecule has 0 aliphatic rings. The van der Waals surface area contributed by atoms with Gasteiger partial charge in [-0.15, -0.1) is 0 Å². The Labute approximate surface area is 174 Å². The second kappa shape index (κ2) is 10.2. The van der Waals surface area contributed by atoms with E-state index in [0.29, 0.717) is 29.9 Å². The van der Waals surface area contributed by atoms with Crippen LogP contribution in [0.25, 0.3) is 0 Å². The molecule has 0 amide bonds. The van der Waals surface area contributed by atoms with Crippen LogP contribution in [0.15, 0.2) is 48.9 Å². The summed E-state index contributed by atoms with van der Waals surface area (Å²) < 4.78 is 7.33. The van der Waals surface area contributed by atoms with Gasteiger partial charge in [0.1, 0.15) is 5.02 Å². The van der Waals surface area contributed by atoms with Crippen LogP contribution in [0, 0.1) is 0 Å². The first-order chi connectivity index (χ1) is 14.0. The molecule has 0 saturated carbocycles. The molecule has 1 aromatic carbocycles. The van der Waals surface area contributed by atoms with Gasteiger partial charge in [0.25, 0.3) is 0 Å². The van der Waals surface area contributed by atoms with Crippen molar-refractivity contribution in [2.24, 2.45) is 0 Å². The van der Waals surface area contributed by atoms with E-state index >= 15 is 0 Å². The van der Waals surface area contributed by atoms with E-state index in [1.807, 2.05) is 50.4 Å². The zero-order chi connectivity index (χ0) is 20.6. The number of nitrogens with zero attached hydrogens (tertiary/aromatic N) is 4. The van der Waals surface area contributed by atoms with E-state index in [1.165, 1.54) is 6.20 Å². The van der Waals surface area contributed by atoms with E-state index in [0.717, 1.165) is 11.3 Å². The minimum Gasteiger partial charge on any atom is -0.394 e. The minimum absolute atomic E-state index is 0.0989. The SMILES string of the molecule is CC(C)OCCn1cc(Nc2ncc(Cl)c(NC(CO)c3ccccc3)n2)cn1. The summed E-state index contributed by atoms with van der Waals surface area (Å²) in [6, 6.07) is 9.28. The van der Waals surface area contributed by atoms with Crippen molar-refractivity contribution in [1.29, 1.82) is 0 Å². The van der Waals surface area contributed by atoms with Crippen molar-refractivity contribution >= 4 is 29.1 Å². The number of anilines is 3. The van der Waals surface area contributed by atoms with Crippen LogP contribution >= 0.6 is 11.6 Å². The molecular weight excluding hydrogens is 392 g/mol. The lowest BCUT2D eigenvalue weighted by atomic mass is 10.1. The molecule has 0 radical (unpaired) electrons. The van der Waals surface area contributed by atoms with Crippen LogP contribution in [-0.2, 0) is 11.3 Å². The Kier molecular flexibility index (Phi) is 7.40. The molecule has 0 bridgehead atoms. The standard InChI is InChI=1S/C20H25ClN6O2/c1-14(2)29-9-8-27-12-16(10-23-27)24-20-22-11-17(21)19(26-20)25-18(13-28)15-6-4-3-5-7-15/h3-7,10-12,14,18,28H,8-9,13H2,1-2H3,(H2,22,24,25,26). The Morgan fingerprint density at radius 1 is 1.21 bits per heavy atom. The largest absolute Gasteiger partial charge is 0.394 e. The highest BCUT2D eigenvalue weighted by molar-refractivity contribution is 6.32. The number of rotatable bonds is 10. The number of hydrogen-bond donors (Lipinski definition) is 3. The van der Waals surface area contributed by atoms with Crippen LogP contribution in [-0.4, -0.2) is 44.2 Å². The second-order valence-corrected chi connectivity index (χ2v) is 7.12. The summed E-state index contributed by atoms with van der Waals surface area (Å²) in [5, 5.41) is 20.7. The zero-order valence-corrected chi connectivity index (χ0v) is 17.2. The maximum absolute atomic E-state index is 9.76. The number of aliphatic hydroxyl groups excluding tert-OH is 1. The van der Waals surface area contributed by atoms with Gasteiger partial charge in [0.15, 0.2) is 5.82 Å². The van der Waals surface area contributed by atoms with Crippen molar-refractivity contribution in [1.82, 2.24) is 19.7 Å². The van der Waals surface area contributed by atoms with Crippen molar-refractivity contribution < 1.29 is 9.84 Å². The van der Waals surface area contributed by atoms with Gasteiger partial charge in [-0.2, -0.15) is 10.1 Å². The van der Waals surface area contributed by atoms with Crippen molar-refractivity contribution in [2.45, 2.75) is 32.5 Å². The Balaban J connectivity index is 1.67. The highest BCUT2D eigenvalue weighted by Gasteiger charge is 2.14. The van der Waals surface area contributed by atoms with Gasteiger partial charge >= 0.3 is 0 Å². The van der Waals surface area contributed by atoms with Crippen LogP contribution in [0.5, 0.6) is 0 Å². The third-order valence-electron chi connectivity index (χ3n) is 4.10. The van der Waals surface area contributed by atoms with Crippen molar-refractivity contribution in [2.75, 3.05) is 23.8 Å². The molecule has 9 heteroatoms. The summed E-state index contributed by atoms with van der Waals surface area (Å²) in [7, 11) is 0. The van der Waals surface area contributed by atoms with E-state index < -0.39 is 0 Å². The zero-order valence-electron chi connectivity index (χ0n) is 16.4. The van der Waals surface area contributed by atoms with Crippen LogP contribution in [0.3, 0.4) is 0 Å². The first-order valence-electron chi connectivity index (χ1n) is 9.41. The second-order valence-electron chi connectivity index (χ2n) is 6.72. The normalized spacial score (nSPS) is 12.2. The molecule has 3 N–H and O–H groups in total. The van der Waals surface area contributed by atoms with Gasteiger partial charge in [0, 0.05) is 6.20 Å². The van der Waals surface area contributed by atoms with Gasteiger partial charge in [0.2, 0.25) is 5.95 Å². The van der Waals surface area contributed by atoms with Crippen LogP contribution in [0.1, 0.15) is 25.5 Å². The highest BCUT2D eigenvalue weighted by Crippen LogP contribution is 2.25. The number of benzene rings is 1. The maximum Gasteiger partial charge on any atom is 0.229 e. The topological polar surface area (TPSA) is 97.1 Å². The molecular formula is C20H25ClN6O2. The average Bonchev–Trinajstić information content (AvgIpc) is 3.16. The molecule has 0 aliphatic heterocycles. The number of ether oxygens (including phenoxy) is 1. The number of nitrogens with one attached hydrogen (secondary N) is 2. The molecule has 3 aromatic rings. The first-order valence-corrected chi connectivity index (χ1v) is 9.79. The van der Waals surface area contributed by atoms with E-state index in [2.05, 4.69) is 25.7 Å². The van der Waals surface area contributed by atoms with Crippen LogP contribution in [0.2, 0.25) is 5.02 Å². The molecule has 2 aromatic heterocycles. The summed E-state index contributed by atoms with van der Waals surface area (Å²) in [4.78, 5) is 8.65. The summed E-state index contributed by atoms with van der Waals surface area (Å²) in [6.07, 6.45) is 5.26. The smallest absolute Gasteiger partial charge is 0.229 e. The molecule has 3 rings (SSSR count). The van der Waals surface area contributed by atoms with Gasteiger partial charge in [-0.3, -0.25) is 4.68 Å². The van der Waals surface area contributed by atoms with Gasteiger partial charge in [0.05, 0.1) is 50.0 Å². The van der Waals surface area contributed by atoms with E-state index in [9.17, 15) is 5.11 Å². The van der Waals surface area contributed by atoms with Gasteiger partial charge in [-0.25, -0.2) is 4.98 Å². The van der Waals surface area contributed by atoms with Crippen molar-refractivity contribution in [3.05, 3.63) is 59.5 Å². The van der Waals surface area contributed by atoms with Crippen molar-refractivity contribution in [3.63, 3.8) is 0 Å². The maximum atomic E-state index is 9.76. The number of halogens is 1. The Morgan fingerprint density at radius 2 is 2.00 bits per heavy atom. The molecule has 29 heavy (non-hydrogen) atoms. The fourth-order valence-corrected chi connectivity index (χ4v) is 2.82. The number of aliphatic hydroxyl groups is 1. The lowest BCUT2D eigenvalue weighted by molar-refractivity contribution is 0.0710. The van der Waals surface area contributed by atoms with Gasteiger partial charge < -0.3 is 20.5 Å². The summed E-state index contributed by atoms with van der Waals surface area (Å²) in [5.41, 5.74) is 1.69. The lowest BCUT2D eigenvalue weighted by Gasteiger charge is -2.18. The third kappa shape index (κ3) is 6.15. The van der Waals surface area contributed by atoms with Gasteiger partial charge in [-0.1, -0.05) is 41.9 Å². The Hall–Kier alpha value is -2.68. The molecule has 0 spiro atoms. The predicted molar refractivity (Wildman–Crippen MR) is 114 cm³/mol. The van der Waals surface area contributed by atoms with E-state index in [1.54, 1.807) is 10.9 Å². The highest BCUT2D eigenvalue weighted by atomic mass is 35.5. The monoisotopic (exact) mass is 416 g/mol. The Bertz CT molecular complexity index is 903. The van der Waals surface area contributed by atoms with Crippen molar-refractivity contribution in [3.8, 4) is 0 Å². The van der Waals surface area contributed by atoms with Gasteiger partial charge in [-0.05, 0) is 19.4 Å². The molecule has 154 valence electrons. The molecule has 1 unspecified atom stereocenters. The molecule has 2 heterocycles. The molecule has 8 nitrogen and oxygen atoms in total. The minimum atomic E-state index is -0.333. The molecule has 0 saturated heterocycles. The third-order valence-corrected chi connectivity index (χ3v) is 4.38. The average molecular weight is 417 g/mol. The van der Waals surface area contributed by atoms with Crippen LogP contribution < -0.4 is 10.6 Å². The molecule has 0 aliphatic carbocycles. The molecule has 0 fully saturated rings. The number of hydrogen-bond acceptors (Lipinski definition) is 7. The quantitative estimate of drug-likeness (QED) is 0.464. The lowest BCUT2D eigenvalue weighted by Crippen LogP contribution is -2.16. The first kappa shape index (κ1) is 21.0. The number of aromatic nitrogens is 4. The molecule has 1 atom stereocenters. The summed E-state index contributed by atoms with van der Waals surface area (Å²) in [5.74, 6) is 0.810. The Morgan fingerprint density at radius 3 is 2.72 bits per heavy atom. The van der Waals surface area contributed by atoms with Crippen LogP contribution in [0.4, 0.5) is 17.5 Å². The summed E-state index contributed by atoms with van der Waals surface area (Å²) in [6.45, 7) is 5.14.